The number of aliphatic hydroxyl groups excluding tert-OH is 1. The molecular weight excluding hydrogens is 519 g/mol. The summed E-state index contributed by atoms with van der Waals surface area (Å²) in [6.45, 7) is 1.70. The first-order chi connectivity index (χ1) is 16.9. The van der Waals surface area contributed by atoms with E-state index in [2.05, 4.69) is 5.32 Å². The van der Waals surface area contributed by atoms with E-state index in [1.807, 2.05) is 6.92 Å². The molecule has 4 rings (SSSR count). The van der Waals surface area contributed by atoms with E-state index in [-0.39, 0.29) is 58.4 Å². The van der Waals surface area contributed by atoms with Crippen molar-refractivity contribution in [3.05, 3.63) is 58.4 Å². The van der Waals surface area contributed by atoms with Crippen LogP contribution in [0.15, 0.2) is 35.2 Å². The van der Waals surface area contributed by atoms with E-state index in [1.165, 1.54) is 12.1 Å². The van der Waals surface area contributed by atoms with E-state index >= 15 is 0 Å². The zero-order chi connectivity index (χ0) is 26.4. The van der Waals surface area contributed by atoms with Gasteiger partial charge in [0, 0.05) is 35.9 Å². The SMILES string of the molecule is CCC(CO)C1(O)C2CC[C@H]1CC(S(=O)(=O)c1cc(C(=O)Nc3cc(F)c(F)c(F)c3)ccc1Cl)C2. The molecule has 0 aliphatic heterocycles. The maximum Gasteiger partial charge on any atom is 0.255 e. The average molecular weight is 546 g/mol. The number of hydrogen-bond acceptors (Lipinski definition) is 5. The number of carbonyl (C=O) groups is 1. The largest absolute Gasteiger partial charge is 0.396 e. The number of anilines is 1. The molecule has 3 N–H and O–H groups in total. The molecule has 5 atom stereocenters. The van der Waals surface area contributed by atoms with Crippen molar-refractivity contribution in [3.63, 3.8) is 0 Å². The molecule has 11 heteroatoms. The second kappa shape index (κ2) is 9.96. The van der Waals surface area contributed by atoms with Gasteiger partial charge in [-0.2, -0.15) is 0 Å². The lowest BCUT2D eigenvalue weighted by Crippen LogP contribution is -2.53. The third-order valence-corrected chi connectivity index (χ3v) is 10.5. The van der Waals surface area contributed by atoms with Gasteiger partial charge in [0.05, 0.1) is 20.8 Å². The Balaban J connectivity index is 1.59. The van der Waals surface area contributed by atoms with Gasteiger partial charge in [0.1, 0.15) is 0 Å². The first-order valence-electron chi connectivity index (χ1n) is 11.8. The highest BCUT2D eigenvalue weighted by molar-refractivity contribution is 7.92. The van der Waals surface area contributed by atoms with E-state index in [0.29, 0.717) is 31.4 Å². The molecule has 4 unspecified atom stereocenters. The summed E-state index contributed by atoms with van der Waals surface area (Å²) >= 11 is 6.23. The molecule has 0 heterocycles. The van der Waals surface area contributed by atoms with Crippen LogP contribution in [-0.4, -0.2) is 42.0 Å². The number of nitrogens with one attached hydrogen (secondary N) is 1. The Hall–Kier alpha value is -2.14. The van der Waals surface area contributed by atoms with Crippen LogP contribution in [0.4, 0.5) is 18.9 Å². The Morgan fingerprint density at radius 1 is 1.14 bits per heavy atom. The fourth-order valence-corrected chi connectivity index (χ4v) is 8.34. The van der Waals surface area contributed by atoms with E-state index < -0.39 is 44.0 Å². The summed E-state index contributed by atoms with van der Waals surface area (Å²) in [6.07, 6.45) is 2.29. The van der Waals surface area contributed by atoms with Crippen molar-refractivity contribution in [2.24, 2.45) is 17.8 Å². The summed E-state index contributed by atoms with van der Waals surface area (Å²) in [5.41, 5.74) is -1.58. The third-order valence-electron chi connectivity index (χ3n) is 7.81. The Morgan fingerprint density at radius 2 is 1.72 bits per heavy atom. The smallest absolute Gasteiger partial charge is 0.255 e. The number of aliphatic hydroxyl groups is 2. The molecule has 2 bridgehead atoms. The molecule has 6 nitrogen and oxygen atoms in total. The van der Waals surface area contributed by atoms with Crippen molar-refractivity contribution in [1.82, 2.24) is 0 Å². The summed E-state index contributed by atoms with van der Waals surface area (Å²) in [5.74, 6) is -6.42. The number of halogens is 4. The summed E-state index contributed by atoms with van der Waals surface area (Å²) in [7, 11) is -4.01. The second-order valence-electron chi connectivity index (χ2n) is 9.64. The second-order valence-corrected chi connectivity index (χ2v) is 12.2. The van der Waals surface area contributed by atoms with E-state index in [9.17, 15) is 36.6 Å². The van der Waals surface area contributed by atoms with Gasteiger partial charge in [-0.15, -0.1) is 0 Å². The van der Waals surface area contributed by atoms with Gasteiger partial charge >= 0.3 is 0 Å². The number of amides is 1. The van der Waals surface area contributed by atoms with Crippen LogP contribution >= 0.6 is 11.6 Å². The molecule has 2 saturated carbocycles. The molecule has 2 aromatic carbocycles. The van der Waals surface area contributed by atoms with Crippen molar-refractivity contribution in [3.8, 4) is 0 Å². The normalized spacial score (nSPS) is 26.6. The molecule has 2 aliphatic carbocycles. The van der Waals surface area contributed by atoms with Gasteiger partial charge in [0.15, 0.2) is 27.3 Å². The van der Waals surface area contributed by atoms with Crippen LogP contribution in [0.1, 0.15) is 49.4 Å². The minimum Gasteiger partial charge on any atom is -0.396 e. The summed E-state index contributed by atoms with van der Waals surface area (Å²) in [6, 6.07) is 4.84. The molecule has 36 heavy (non-hydrogen) atoms. The van der Waals surface area contributed by atoms with Crippen LogP contribution in [0.25, 0.3) is 0 Å². The number of hydrogen-bond donors (Lipinski definition) is 3. The number of sulfone groups is 1. The summed E-state index contributed by atoms with van der Waals surface area (Å²) < 4.78 is 67.4. The van der Waals surface area contributed by atoms with E-state index in [1.54, 1.807) is 0 Å². The quantitative estimate of drug-likeness (QED) is 0.437. The first kappa shape index (κ1) is 26.9. The Morgan fingerprint density at radius 3 is 2.25 bits per heavy atom. The monoisotopic (exact) mass is 545 g/mol. The molecule has 0 radical (unpaired) electrons. The average Bonchev–Trinajstić information content (AvgIpc) is 2.99. The molecule has 2 fully saturated rings. The van der Waals surface area contributed by atoms with Crippen molar-refractivity contribution in [1.29, 1.82) is 0 Å². The Kier molecular flexibility index (Phi) is 7.45. The standard InChI is InChI=1S/C25H27ClF3NO5S/c1-2-14(12-31)25(33)15-4-5-16(25)9-18(8-15)36(34,35)22-7-13(3-6-19(22)26)24(32)30-17-10-20(27)23(29)21(28)11-17/h3,6-7,10-11,14-16,18,31,33H,2,4-5,8-9,12H2,1H3,(H,30,32)/t14?,15-,16?,18?,25?/m0/s1. The van der Waals surface area contributed by atoms with E-state index in [4.69, 9.17) is 11.6 Å². The zero-order valence-electron chi connectivity index (χ0n) is 19.5. The van der Waals surface area contributed by atoms with Crippen LogP contribution < -0.4 is 5.32 Å². The number of benzene rings is 2. The fourth-order valence-electron chi connectivity index (χ4n) is 5.94. The highest BCUT2D eigenvalue weighted by atomic mass is 35.5. The molecule has 2 aliphatic rings. The first-order valence-corrected chi connectivity index (χ1v) is 13.7. The van der Waals surface area contributed by atoms with Crippen molar-refractivity contribution in [2.45, 2.75) is 54.8 Å². The van der Waals surface area contributed by atoms with Crippen LogP contribution in [0, 0.1) is 35.2 Å². The predicted molar refractivity (Wildman–Crippen MR) is 128 cm³/mol. The van der Waals surface area contributed by atoms with Crippen molar-refractivity contribution in [2.75, 3.05) is 11.9 Å². The minimum atomic E-state index is -4.01. The maximum absolute atomic E-state index is 13.6. The fraction of sp³-hybridized carbons (Fsp3) is 0.480. The molecule has 0 saturated heterocycles. The molecule has 1 amide bonds. The van der Waals surface area contributed by atoms with E-state index in [0.717, 1.165) is 6.07 Å². The Bertz CT molecular complexity index is 1250. The molecule has 196 valence electrons. The zero-order valence-corrected chi connectivity index (χ0v) is 21.1. The highest BCUT2D eigenvalue weighted by Gasteiger charge is 2.58. The van der Waals surface area contributed by atoms with Gasteiger partial charge < -0.3 is 15.5 Å². The molecule has 0 spiro atoms. The maximum atomic E-state index is 13.6. The van der Waals surface area contributed by atoms with Crippen LogP contribution in [0.5, 0.6) is 0 Å². The topological polar surface area (TPSA) is 104 Å². The predicted octanol–water partition coefficient (Wildman–Crippen LogP) is 4.72. The van der Waals surface area contributed by atoms with Crippen LogP contribution in [-0.2, 0) is 9.84 Å². The third kappa shape index (κ3) is 4.53. The minimum absolute atomic E-state index is 0.0830. The number of rotatable bonds is 7. The van der Waals surface area contributed by atoms with Crippen molar-refractivity contribution < 1.29 is 36.6 Å². The lowest BCUT2D eigenvalue weighted by molar-refractivity contribution is -0.118. The van der Waals surface area contributed by atoms with Crippen LogP contribution in [0.2, 0.25) is 5.02 Å². The lowest BCUT2D eigenvalue weighted by Gasteiger charge is -2.46. The van der Waals surface area contributed by atoms with Gasteiger partial charge in [-0.1, -0.05) is 18.5 Å². The molecule has 0 aromatic heterocycles. The van der Waals surface area contributed by atoms with Gasteiger partial charge in [0.2, 0.25) is 0 Å². The number of carbonyl (C=O) groups excluding carboxylic acids is 1. The lowest BCUT2D eigenvalue weighted by atomic mass is 9.67. The van der Waals surface area contributed by atoms with Crippen LogP contribution in [0.3, 0.4) is 0 Å². The summed E-state index contributed by atoms with van der Waals surface area (Å²) in [4.78, 5) is 12.4. The van der Waals surface area contributed by atoms with Gasteiger partial charge in [-0.3, -0.25) is 4.79 Å². The Labute approximate surface area is 212 Å². The van der Waals surface area contributed by atoms with Gasteiger partial charge in [0.25, 0.3) is 5.91 Å². The molecule has 2 aromatic rings. The highest BCUT2D eigenvalue weighted by Crippen LogP contribution is 2.55. The number of fused-ring (bicyclic) bond motifs is 2. The van der Waals surface area contributed by atoms with Crippen molar-refractivity contribution >= 4 is 33.0 Å². The molecular formula is C25H27ClF3NO5S. The van der Waals surface area contributed by atoms with Gasteiger partial charge in [-0.25, -0.2) is 21.6 Å². The summed E-state index contributed by atoms with van der Waals surface area (Å²) in [5, 5.41) is 22.5. The van der Waals surface area contributed by atoms with Gasteiger partial charge in [-0.05, 0) is 62.1 Å².